The Morgan fingerprint density at radius 1 is 1.04 bits per heavy atom. The van der Waals surface area contributed by atoms with Gasteiger partial charge in [0, 0.05) is 15.6 Å². The largest absolute Gasteiger partial charge is 0.338 e. The molecule has 5 nitrogen and oxygen atoms in total. The monoisotopic (exact) mass is 418 g/mol. The molecule has 0 saturated carbocycles. The Morgan fingerprint density at radius 2 is 1.89 bits per heavy atom. The van der Waals surface area contributed by atoms with Crippen LogP contribution in [0.15, 0.2) is 82.4 Å². The Labute approximate surface area is 164 Å². The van der Waals surface area contributed by atoms with Crippen LogP contribution in [0.5, 0.6) is 0 Å². The highest BCUT2D eigenvalue weighted by atomic mass is 79.9. The van der Waals surface area contributed by atoms with Gasteiger partial charge in [-0.2, -0.15) is 5.10 Å². The number of aromatic nitrogens is 2. The molecule has 6 heteroatoms. The number of imidazole rings is 1. The lowest BCUT2D eigenvalue weighted by Gasteiger charge is -2.00. The topological polar surface area (TPSA) is 70.1 Å². The highest BCUT2D eigenvalue weighted by molar-refractivity contribution is 9.10. The maximum atomic E-state index is 12.4. The number of hydrogen-bond acceptors (Lipinski definition) is 3. The van der Waals surface area contributed by atoms with Gasteiger partial charge in [-0.25, -0.2) is 10.4 Å². The zero-order chi connectivity index (χ0) is 18.6. The molecule has 0 aliphatic carbocycles. The van der Waals surface area contributed by atoms with Crippen LogP contribution in [-0.4, -0.2) is 22.1 Å². The molecule has 0 radical (unpaired) electrons. The fourth-order valence-electron chi connectivity index (χ4n) is 2.70. The van der Waals surface area contributed by atoms with Gasteiger partial charge in [0.05, 0.1) is 17.2 Å². The van der Waals surface area contributed by atoms with Crippen molar-refractivity contribution >= 4 is 39.1 Å². The van der Waals surface area contributed by atoms with E-state index in [2.05, 4.69) is 36.4 Å². The van der Waals surface area contributed by atoms with Crippen LogP contribution >= 0.6 is 15.9 Å². The quantitative estimate of drug-likeness (QED) is 0.370. The third kappa shape index (κ3) is 3.96. The molecular weight excluding hydrogens is 404 g/mol. The molecule has 1 aromatic heterocycles. The molecule has 27 heavy (non-hydrogen) atoms. The van der Waals surface area contributed by atoms with E-state index in [0.29, 0.717) is 5.56 Å². The van der Waals surface area contributed by atoms with E-state index in [0.717, 1.165) is 32.5 Å². The zero-order valence-corrected chi connectivity index (χ0v) is 15.8. The summed E-state index contributed by atoms with van der Waals surface area (Å²) in [6.07, 6.45) is 1.60. The fourth-order valence-corrected chi connectivity index (χ4v) is 3.12. The highest BCUT2D eigenvalue weighted by Gasteiger charge is 2.09. The van der Waals surface area contributed by atoms with E-state index in [1.54, 1.807) is 18.3 Å². The van der Waals surface area contributed by atoms with Crippen molar-refractivity contribution in [3.05, 3.63) is 88.4 Å². The van der Waals surface area contributed by atoms with Crippen molar-refractivity contribution < 1.29 is 4.79 Å². The Kier molecular flexibility index (Phi) is 4.80. The summed E-state index contributed by atoms with van der Waals surface area (Å²) in [7, 11) is 0. The minimum Gasteiger partial charge on any atom is -0.338 e. The summed E-state index contributed by atoms with van der Waals surface area (Å²) in [6, 6.07) is 22.9. The van der Waals surface area contributed by atoms with Crippen LogP contribution in [-0.2, 0) is 0 Å². The molecule has 0 saturated heterocycles. The lowest BCUT2D eigenvalue weighted by atomic mass is 10.2. The normalized spacial score (nSPS) is 11.1. The van der Waals surface area contributed by atoms with Crippen LogP contribution in [0.1, 0.15) is 15.9 Å². The minimum atomic E-state index is -0.279. The van der Waals surface area contributed by atoms with Crippen molar-refractivity contribution in [2.24, 2.45) is 5.10 Å². The lowest BCUT2D eigenvalue weighted by Crippen LogP contribution is -2.17. The molecule has 2 N–H and O–H groups in total. The number of aromatic amines is 1. The average molecular weight is 419 g/mol. The number of fused-ring (bicyclic) bond motifs is 1. The molecule has 0 bridgehead atoms. The number of H-pyrrole nitrogens is 1. The predicted octanol–water partition coefficient (Wildman–Crippen LogP) is 4.76. The van der Waals surface area contributed by atoms with Crippen LogP contribution in [0.4, 0.5) is 0 Å². The molecule has 0 aliphatic heterocycles. The number of halogens is 1. The number of carbonyl (C=O) groups excluding carboxylic acids is 1. The van der Waals surface area contributed by atoms with Crippen LogP contribution in [0, 0.1) is 0 Å². The first-order valence-corrected chi connectivity index (χ1v) is 9.12. The van der Waals surface area contributed by atoms with Crippen LogP contribution in [0.2, 0.25) is 0 Å². The molecular formula is C21H15BrN4O. The van der Waals surface area contributed by atoms with E-state index >= 15 is 0 Å². The Bertz CT molecular complexity index is 1140. The maximum Gasteiger partial charge on any atom is 0.271 e. The summed E-state index contributed by atoms with van der Waals surface area (Å²) in [5.74, 6) is 0.495. The second-order valence-corrected chi connectivity index (χ2v) is 6.85. The van der Waals surface area contributed by atoms with Crippen LogP contribution in [0.3, 0.4) is 0 Å². The second-order valence-electron chi connectivity index (χ2n) is 5.94. The lowest BCUT2D eigenvalue weighted by molar-refractivity contribution is 0.0955. The molecule has 4 rings (SSSR count). The molecule has 0 unspecified atom stereocenters. The van der Waals surface area contributed by atoms with E-state index in [9.17, 15) is 4.79 Å². The van der Waals surface area contributed by atoms with E-state index in [-0.39, 0.29) is 5.91 Å². The molecule has 0 fully saturated rings. The van der Waals surface area contributed by atoms with Crippen LogP contribution < -0.4 is 5.43 Å². The van der Waals surface area contributed by atoms with Gasteiger partial charge in [-0.05, 0) is 35.9 Å². The molecule has 3 aromatic carbocycles. The van der Waals surface area contributed by atoms with Crippen molar-refractivity contribution in [3.8, 4) is 11.4 Å². The number of hydrogen-bond donors (Lipinski definition) is 2. The van der Waals surface area contributed by atoms with Gasteiger partial charge in [0.2, 0.25) is 0 Å². The standard InChI is InChI=1S/C21H15BrN4O/c22-17-8-4-5-14(11-17)13-23-26-21(27)16-9-10-18-19(12-16)25-20(24-18)15-6-2-1-3-7-15/h1-13H,(H,24,25)(H,26,27)/b23-13+. The number of amides is 1. The van der Waals surface area contributed by atoms with Gasteiger partial charge in [0.25, 0.3) is 5.91 Å². The number of nitrogens with zero attached hydrogens (tertiary/aromatic N) is 2. The Hall–Kier alpha value is -3.25. The number of rotatable bonds is 4. The molecule has 0 aliphatic rings. The Morgan fingerprint density at radius 3 is 2.70 bits per heavy atom. The van der Waals surface area contributed by atoms with Crippen molar-refractivity contribution in [2.75, 3.05) is 0 Å². The minimum absolute atomic E-state index is 0.279. The van der Waals surface area contributed by atoms with Gasteiger partial charge in [-0.15, -0.1) is 0 Å². The maximum absolute atomic E-state index is 12.4. The molecule has 0 atom stereocenters. The number of benzene rings is 3. The van der Waals surface area contributed by atoms with E-state index in [1.807, 2.05) is 60.7 Å². The van der Waals surface area contributed by atoms with Crippen molar-refractivity contribution in [3.63, 3.8) is 0 Å². The summed E-state index contributed by atoms with van der Waals surface area (Å²) in [5, 5.41) is 4.02. The first-order valence-electron chi connectivity index (χ1n) is 8.33. The average Bonchev–Trinajstić information content (AvgIpc) is 3.12. The third-order valence-corrected chi connectivity index (χ3v) is 4.51. The first kappa shape index (κ1) is 17.2. The molecule has 0 spiro atoms. The van der Waals surface area contributed by atoms with Gasteiger partial charge in [0.15, 0.2) is 0 Å². The van der Waals surface area contributed by atoms with Crippen LogP contribution in [0.25, 0.3) is 22.4 Å². The zero-order valence-electron chi connectivity index (χ0n) is 14.2. The van der Waals surface area contributed by atoms with Gasteiger partial charge in [-0.3, -0.25) is 4.79 Å². The van der Waals surface area contributed by atoms with Gasteiger partial charge in [-0.1, -0.05) is 58.4 Å². The predicted molar refractivity (Wildman–Crippen MR) is 111 cm³/mol. The summed E-state index contributed by atoms with van der Waals surface area (Å²) in [5.41, 5.74) is 6.56. The van der Waals surface area contributed by atoms with Gasteiger partial charge < -0.3 is 4.98 Å². The van der Waals surface area contributed by atoms with E-state index < -0.39 is 0 Å². The SMILES string of the molecule is O=C(N/N=C/c1cccc(Br)c1)c1ccc2nc(-c3ccccc3)[nH]c2c1. The Balaban J connectivity index is 1.52. The van der Waals surface area contributed by atoms with Crippen molar-refractivity contribution in [1.29, 1.82) is 0 Å². The first-order chi connectivity index (χ1) is 13.2. The summed E-state index contributed by atoms with van der Waals surface area (Å²) in [4.78, 5) is 20.2. The van der Waals surface area contributed by atoms with Gasteiger partial charge >= 0.3 is 0 Å². The molecule has 1 amide bonds. The molecule has 4 aromatic rings. The number of carbonyl (C=O) groups is 1. The molecule has 132 valence electrons. The summed E-state index contributed by atoms with van der Waals surface area (Å²) in [6.45, 7) is 0. The number of hydrazone groups is 1. The van der Waals surface area contributed by atoms with E-state index in [1.165, 1.54) is 0 Å². The molecule has 1 heterocycles. The van der Waals surface area contributed by atoms with Crippen molar-refractivity contribution in [1.82, 2.24) is 15.4 Å². The second kappa shape index (κ2) is 7.55. The van der Waals surface area contributed by atoms with Crippen molar-refractivity contribution in [2.45, 2.75) is 0 Å². The smallest absolute Gasteiger partial charge is 0.271 e. The summed E-state index contributed by atoms with van der Waals surface area (Å²) >= 11 is 3.40. The fraction of sp³-hybridized carbons (Fsp3) is 0. The van der Waals surface area contributed by atoms with E-state index in [4.69, 9.17) is 0 Å². The third-order valence-electron chi connectivity index (χ3n) is 4.02. The highest BCUT2D eigenvalue weighted by Crippen LogP contribution is 2.21. The van der Waals surface area contributed by atoms with Gasteiger partial charge in [0.1, 0.15) is 5.82 Å². The number of nitrogens with one attached hydrogen (secondary N) is 2. The summed E-state index contributed by atoms with van der Waals surface area (Å²) < 4.78 is 0.955.